The third kappa shape index (κ3) is 3.71. The lowest BCUT2D eigenvalue weighted by atomic mass is 9.78. The van der Waals surface area contributed by atoms with Gasteiger partial charge in [0.15, 0.2) is 0 Å². The second kappa shape index (κ2) is 7.05. The molecular formula is C16H32N2O. The van der Waals surface area contributed by atoms with Crippen LogP contribution in [-0.4, -0.2) is 47.8 Å². The maximum absolute atomic E-state index is 9.85. The number of aliphatic hydroxyl groups excluding tert-OH is 1. The molecule has 0 heterocycles. The molecule has 0 radical (unpaired) electrons. The van der Waals surface area contributed by atoms with Gasteiger partial charge in [0.25, 0.3) is 0 Å². The SMILES string of the molecule is CCCNC1(CO)CCCC(N(C)C2CCCC2)C1. The quantitative estimate of drug-likeness (QED) is 0.777. The molecule has 19 heavy (non-hydrogen) atoms. The number of nitrogens with zero attached hydrogens (tertiary/aromatic N) is 1. The lowest BCUT2D eigenvalue weighted by Gasteiger charge is -2.45. The minimum atomic E-state index is -0.00814. The molecule has 2 aliphatic carbocycles. The van der Waals surface area contributed by atoms with Crippen LogP contribution in [0.5, 0.6) is 0 Å². The van der Waals surface area contributed by atoms with Gasteiger partial charge in [-0.1, -0.05) is 19.8 Å². The van der Waals surface area contributed by atoms with E-state index < -0.39 is 0 Å². The van der Waals surface area contributed by atoms with E-state index in [9.17, 15) is 5.11 Å². The first-order valence-corrected chi connectivity index (χ1v) is 8.28. The van der Waals surface area contributed by atoms with E-state index in [2.05, 4.69) is 24.2 Å². The zero-order valence-corrected chi connectivity index (χ0v) is 12.8. The van der Waals surface area contributed by atoms with Crippen LogP contribution in [0.3, 0.4) is 0 Å². The predicted octanol–water partition coefficient (Wildman–Crippen LogP) is 2.53. The maximum Gasteiger partial charge on any atom is 0.0613 e. The second-order valence-corrected chi connectivity index (χ2v) is 6.72. The van der Waals surface area contributed by atoms with Gasteiger partial charge in [-0.3, -0.25) is 0 Å². The van der Waals surface area contributed by atoms with Gasteiger partial charge >= 0.3 is 0 Å². The summed E-state index contributed by atoms with van der Waals surface area (Å²) in [5.41, 5.74) is -0.00814. The van der Waals surface area contributed by atoms with Crippen LogP contribution in [0.2, 0.25) is 0 Å². The molecule has 2 aliphatic rings. The summed E-state index contributed by atoms with van der Waals surface area (Å²) >= 11 is 0. The largest absolute Gasteiger partial charge is 0.394 e. The Hall–Kier alpha value is -0.120. The Bertz CT molecular complexity index is 265. The fraction of sp³-hybridized carbons (Fsp3) is 1.00. The molecule has 0 aromatic rings. The Morgan fingerprint density at radius 1 is 1.16 bits per heavy atom. The number of nitrogens with one attached hydrogen (secondary N) is 1. The van der Waals surface area contributed by atoms with E-state index in [-0.39, 0.29) is 5.54 Å². The Labute approximate surface area is 118 Å². The molecule has 0 aromatic carbocycles. The van der Waals surface area contributed by atoms with Gasteiger partial charge in [-0.15, -0.1) is 0 Å². The van der Waals surface area contributed by atoms with Gasteiger partial charge < -0.3 is 15.3 Å². The van der Waals surface area contributed by atoms with E-state index in [1.54, 1.807) is 0 Å². The van der Waals surface area contributed by atoms with E-state index in [0.29, 0.717) is 12.6 Å². The first kappa shape index (κ1) is 15.3. The maximum atomic E-state index is 9.85. The van der Waals surface area contributed by atoms with Gasteiger partial charge in [0.2, 0.25) is 0 Å². The minimum Gasteiger partial charge on any atom is -0.394 e. The summed E-state index contributed by atoms with van der Waals surface area (Å²) < 4.78 is 0. The van der Waals surface area contributed by atoms with Crippen LogP contribution in [0, 0.1) is 0 Å². The standard InChI is InChI=1S/C16H32N2O/c1-3-11-17-16(13-19)10-6-9-15(12-16)18(2)14-7-4-5-8-14/h14-15,17,19H,3-13H2,1-2H3. The highest BCUT2D eigenvalue weighted by atomic mass is 16.3. The van der Waals surface area contributed by atoms with E-state index in [1.807, 2.05) is 0 Å². The number of aliphatic hydroxyl groups is 1. The Kier molecular flexibility index (Phi) is 5.67. The summed E-state index contributed by atoms with van der Waals surface area (Å²) in [6.07, 6.45) is 11.5. The van der Waals surface area contributed by atoms with Crippen molar-refractivity contribution in [2.75, 3.05) is 20.2 Å². The first-order valence-electron chi connectivity index (χ1n) is 8.28. The third-order valence-corrected chi connectivity index (χ3v) is 5.35. The van der Waals surface area contributed by atoms with Crippen molar-refractivity contribution in [3.63, 3.8) is 0 Å². The van der Waals surface area contributed by atoms with Crippen LogP contribution in [0.4, 0.5) is 0 Å². The zero-order chi connectivity index (χ0) is 13.7. The Morgan fingerprint density at radius 2 is 1.84 bits per heavy atom. The molecule has 3 heteroatoms. The predicted molar refractivity (Wildman–Crippen MR) is 80.4 cm³/mol. The van der Waals surface area contributed by atoms with Crippen molar-refractivity contribution in [2.45, 2.75) is 82.3 Å². The zero-order valence-electron chi connectivity index (χ0n) is 12.8. The summed E-state index contributed by atoms with van der Waals surface area (Å²) in [6, 6.07) is 1.46. The summed E-state index contributed by atoms with van der Waals surface area (Å²) in [5, 5.41) is 13.5. The highest BCUT2D eigenvalue weighted by molar-refractivity contribution is 4.97. The number of hydrogen-bond acceptors (Lipinski definition) is 3. The summed E-state index contributed by atoms with van der Waals surface area (Å²) in [5.74, 6) is 0. The number of hydrogen-bond donors (Lipinski definition) is 2. The molecule has 3 nitrogen and oxygen atoms in total. The first-order chi connectivity index (χ1) is 9.21. The molecule has 2 rings (SSSR count). The van der Waals surface area contributed by atoms with Crippen molar-refractivity contribution < 1.29 is 5.11 Å². The van der Waals surface area contributed by atoms with Gasteiger partial charge in [-0.2, -0.15) is 0 Å². The van der Waals surface area contributed by atoms with Crippen molar-refractivity contribution in [2.24, 2.45) is 0 Å². The lowest BCUT2D eigenvalue weighted by Crippen LogP contribution is -2.56. The van der Waals surface area contributed by atoms with Crippen molar-refractivity contribution >= 4 is 0 Å². The van der Waals surface area contributed by atoms with Gasteiger partial charge in [-0.05, 0) is 58.5 Å². The van der Waals surface area contributed by atoms with E-state index in [0.717, 1.165) is 31.8 Å². The normalized spacial score (nSPS) is 33.2. The van der Waals surface area contributed by atoms with E-state index in [1.165, 1.54) is 38.5 Å². The van der Waals surface area contributed by atoms with Crippen LogP contribution < -0.4 is 5.32 Å². The summed E-state index contributed by atoms with van der Waals surface area (Å²) in [6.45, 7) is 3.52. The van der Waals surface area contributed by atoms with Crippen LogP contribution >= 0.6 is 0 Å². The molecule has 2 saturated carbocycles. The summed E-state index contributed by atoms with van der Waals surface area (Å²) in [7, 11) is 2.31. The summed E-state index contributed by atoms with van der Waals surface area (Å²) in [4.78, 5) is 2.63. The van der Waals surface area contributed by atoms with Crippen molar-refractivity contribution in [1.82, 2.24) is 10.2 Å². The smallest absolute Gasteiger partial charge is 0.0613 e. The monoisotopic (exact) mass is 268 g/mol. The Morgan fingerprint density at radius 3 is 2.47 bits per heavy atom. The lowest BCUT2D eigenvalue weighted by molar-refractivity contribution is 0.0535. The van der Waals surface area contributed by atoms with Crippen molar-refractivity contribution in [3.8, 4) is 0 Å². The second-order valence-electron chi connectivity index (χ2n) is 6.72. The van der Waals surface area contributed by atoms with Crippen LogP contribution in [0.25, 0.3) is 0 Å². The van der Waals surface area contributed by atoms with Gasteiger partial charge in [-0.25, -0.2) is 0 Å². The van der Waals surface area contributed by atoms with E-state index >= 15 is 0 Å². The highest BCUT2D eigenvalue weighted by Gasteiger charge is 2.38. The molecule has 0 amide bonds. The molecule has 112 valence electrons. The molecule has 2 atom stereocenters. The molecule has 0 aromatic heterocycles. The van der Waals surface area contributed by atoms with Gasteiger partial charge in [0, 0.05) is 17.6 Å². The van der Waals surface area contributed by atoms with Crippen molar-refractivity contribution in [3.05, 3.63) is 0 Å². The average Bonchev–Trinajstić information content (AvgIpc) is 2.99. The molecule has 0 saturated heterocycles. The van der Waals surface area contributed by atoms with Crippen LogP contribution in [0.15, 0.2) is 0 Å². The molecule has 0 spiro atoms. The molecule has 0 aliphatic heterocycles. The fourth-order valence-electron chi connectivity index (χ4n) is 4.04. The molecular weight excluding hydrogens is 236 g/mol. The van der Waals surface area contributed by atoms with Gasteiger partial charge in [0.1, 0.15) is 0 Å². The molecule has 2 N–H and O–H groups in total. The molecule has 2 unspecified atom stereocenters. The van der Waals surface area contributed by atoms with Crippen LogP contribution in [-0.2, 0) is 0 Å². The molecule has 0 bridgehead atoms. The third-order valence-electron chi connectivity index (χ3n) is 5.35. The Balaban J connectivity index is 1.94. The van der Waals surface area contributed by atoms with E-state index in [4.69, 9.17) is 0 Å². The minimum absolute atomic E-state index is 0.00814. The average molecular weight is 268 g/mol. The van der Waals surface area contributed by atoms with Crippen LogP contribution in [0.1, 0.15) is 64.7 Å². The highest BCUT2D eigenvalue weighted by Crippen LogP contribution is 2.34. The number of rotatable bonds is 6. The topological polar surface area (TPSA) is 35.5 Å². The fourth-order valence-corrected chi connectivity index (χ4v) is 4.04. The van der Waals surface area contributed by atoms with Crippen molar-refractivity contribution in [1.29, 1.82) is 0 Å². The van der Waals surface area contributed by atoms with Gasteiger partial charge in [0.05, 0.1) is 6.61 Å². The molecule has 2 fully saturated rings.